The van der Waals surface area contributed by atoms with Gasteiger partial charge in [0, 0.05) is 22.5 Å². The minimum Gasteiger partial charge on any atom is -0.493 e. The molecule has 22 heavy (non-hydrogen) atoms. The smallest absolute Gasteiger partial charge is 0.130 e. The van der Waals surface area contributed by atoms with E-state index in [-0.39, 0.29) is 0 Å². The van der Waals surface area contributed by atoms with Crippen LogP contribution < -0.4 is 9.47 Å². The highest BCUT2D eigenvalue weighted by Crippen LogP contribution is 2.37. The second kappa shape index (κ2) is 8.50. The van der Waals surface area contributed by atoms with Gasteiger partial charge in [-0.2, -0.15) is 0 Å². The number of halogens is 2. The summed E-state index contributed by atoms with van der Waals surface area (Å²) in [5.41, 5.74) is 2.28. The van der Waals surface area contributed by atoms with Crippen LogP contribution in [0.25, 0.3) is 10.8 Å². The lowest BCUT2D eigenvalue weighted by atomic mass is 10.0. The van der Waals surface area contributed by atoms with E-state index in [1.807, 2.05) is 13.0 Å². The molecule has 0 atom stereocenters. The van der Waals surface area contributed by atoms with Crippen molar-refractivity contribution in [3.63, 3.8) is 0 Å². The van der Waals surface area contributed by atoms with Crippen LogP contribution in [0.1, 0.15) is 24.0 Å². The Hall–Kier alpha value is -1.12. The van der Waals surface area contributed by atoms with E-state index in [9.17, 15) is 0 Å². The van der Waals surface area contributed by atoms with Gasteiger partial charge in [0.25, 0.3) is 0 Å². The first-order valence-corrected chi connectivity index (χ1v) is 8.65. The van der Waals surface area contributed by atoms with E-state index >= 15 is 0 Å². The van der Waals surface area contributed by atoms with Crippen LogP contribution in [0.5, 0.6) is 11.5 Å². The third-order valence-electron chi connectivity index (χ3n) is 3.45. The molecule has 0 saturated heterocycles. The normalized spacial score (nSPS) is 10.9. The maximum atomic E-state index is 5.95. The van der Waals surface area contributed by atoms with Gasteiger partial charge in [0.05, 0.1) is 13.2 Å². The molecule has 0 bridgehead atoms. The standard InChI is InChI=1S/C18H22Cl2O2/c1-13-5-6-15-16(11-13)17(21-9-3-7-19)12-14(2)18(15)22-10-4-8-20/h5-6,11-12H,3-4,7-10H2,1-2H3. The molecule has 0 radical (unpaired) electrons. The van der Waals surface area contributed by atoms with Crippen molar-refractivity contribution in [2.75, 3.05) is 25.0 Å². The summed E-state index contributed by atoms with van der Waals surface area (Å²) in [5, 5.41) is 2.17. The highest BCUT2D eigenvalue weighted by atomic mass is 35.5. The summed E-state index contributed by atoms with van der Waals surface area (Å²) in [4.78, 5) is 0. The van der Waals surface area contributed by atoms with Gasteiger partial charge >= 0.3 is 0 Å². The zero-order chi connectivity index (χ0) is 15.9. The molecule has 2 aromatic rings. The van der Waals surface area contributed by atoms with Crippen LogP contribution >= 0.6 is 23.2 Å². The summed E-state index contributed by atoms with van der Waals surface area (Å²) in [5.74, 6) is 3.03. The lowest BCUT2D eigenvalue weighted by molar-refractivity contribution is 0.313. The minimum atomic E-state index is 0.607. The maximum absolute atomic E-state index is 5.95. The van der Waals surface area contributed by atoms with Crippen LogP contribution in [0.15, 0.2) is 24.3 Å². The number of hydrogen-bond acceptors (Lipinski definition) is 2. The van der Waals surface area contributed by atoms with E-state index in [4.69, 9.17) is 32.7 Å². The quantitative estimate of drug-likeness (QED) is 0.468. The van der Waals surface area contributed by atoms with Crippen molar-refractivity contribution in [2.24, 2.45) is 0 Å². The lowest BCUT2D eigenvalue weighted by Gasteiger charge is -2.16. The van der Waals surface area contributed by atoms with Gasteiger partial charge in [0.2, 0.25) is 0 Å². The first-order valence-electron chi connectivity index (χ1n) is 7.59. The molecule has 0 saturated carbocycles. The van der Waals surface area contributed by atoms with Crippen LogP contribution in [0.3, 0.4) is 0 Å². The zero-order valence-electron chi connectivity index (χ0n) is 13.1. The fraction of sp³-hybridized carbons (Fsp3) is 0.444. The molecule has 0 amide bonds. The Morgan fingerprint density at radius 2 is 1.55 bits per heavy atom. The second-order valence-electron chi connectivity index (χ2n) is 5.35. The van der Waals surface area contributed by atoms with Crippen LogP contribution in [-0.4, -0.2) is 25.0 Å². The first-order chi connectivity index (χ1) is 10.7. The third-order valence-corrected chi connectivity index (χ3v) is 3.99. The molecular weight excluding hydrogens is 319 g/mol. The first kappa shape index (κ1) is 17.2. The van der Waals surface area contributed by atoms with Crippen molar-refractivity contribution in [3.05, 3.63) is 35.4 Å². The van der Waals surface area contributed by atoms with Crippen molar-refractivity contribution in [3.8, 4) is 11.5 Å². The van der Waals surface area contributed by atoms with E-state index < -0.39 is 0 Å². The van der Waals surface area contributed by atoms with E-state index in [1.54, 1.807) is 0 Å². The monoisotopic (exact) mass is 340 g/mol. The summed E-state index contributed by atoms with van der Waals surface area (Å²) in [7, 11) is 0. The molecule has 120 valence electrons. The molecule has 2 nitrogen and oxygen atoms in total. The fourth-order valence-corrected chi connectivity index (χ4v) is 2.61. The largest absolute Gasteiger partial charge is 0.493 e. The van der Waals surface area contributed by atoms with Crippen LogP contribution in [0, 0.1) is 13.8 Å². The molecule has 0 N–H and O–H groups in total. The van der Waals surface area contributed by atoms with E-state index in [1.165, 1.54) is 5.56 Å². The van der Waals surface area contributed by atoms with Gasteiger partial charge in [0.15, 0.2) is 0 Å². The Morgan fingerprint density at radius 3 is 2.23 bits per heavy atom. The Morgan fingerprint density at radius 1 is 0.864 bits per heavy atom. The maximum Gasteiger partial charge on any atom is 0.130 e. The molecule has 2 rings (SSSR count). The van der Waals surface area contributed by atoms with E-state index in [0.29, 0.717) is 25.0 Å². The van der Waals surface area contributed by atoms with Gasteiger partial charge in [0.1, 0.15) is 11.5 Å². The van der Waals surface area contributed by atoms with Crippen LogP contribution in [0.2, 0.25) is 0 Å². The van der Waals surface area contributed by atoms with Gasteiger partial charge in [-0.25, -0.2) is 0 Å². The van der Waals surface area contributed by atoms with Crippen molar-refractivity contribution < 1.29 is 9.47 Å². The van der Waals surface area contributed by atoms with Crippen LogP contribution in [-0.2, 0) is 0 Å². The predicted molar refractivity (Wildman–Crippen MR) is 95.1 cm³/mol. The van der Waals surface area contributed by atoms with Crippen LogP contribution in [0.4, 0.5) is 0 Å². The number of fused-ring (bicyclic) bond motifs is 1. The number of benzene rings is 2. The molecule has 2 aromatic carbocycles. The summed E-state index contributed by atoms with van der Waals surface area (Å²) in [6, 6.07) is 8.38. The van der Waals surface area contributed by atoms with Crippen molar-refractivity contribution >= 4 is 34.0 Å². The van der Waals surface area contributed by atoms with E-state index in [2.05, 4.69) is 25.1 Å². The number of alkyl halides is 2. The predicted octanol–water partition coefficient (Wildman–Crippen LogP) is 5.47. The topological polar surface area (TPSA) is 18.5 Å². The molecule has 0 aromatic heterocycles. The lowest BCUT2D eigenvalue weighted by Crippen LogP contribution is -2.03. The van der Waals surface area contributed by atoms with Gasteiger partial charge < -0.3 is 9.47 Å². The highest BCUT2D eigenvalue weighted by molar-refractivity contribution is 6.18. The molecular formula is C18H22Cl2O2. The van der Waals surface area contributed by atoms with Crippen molar-refractivity contribution in [1.29, 1.82) is 0 Å². The number of ether oxygens (including phenoxy) is 2. The Labute approximate surface area is 142 Å². The van der Waals surface area contributed by atoms with Gasteiger partial charge in [-0.1, -0.05) is 17.7 Å². The summed E-state index contributed by atoms with van der Waals surface area (Å²) < 4.78 is 11.9. The number of hydrogen-bond donors (Lipinski definition) is 0. The van der Waals surface area contributed by atoms with Gasteiger partial charge in [-0.05, 0) is 44.4 Å². The molecule has 0 heterocycles. The molecule has 0 aliphatic rings. The van der Waals surface area contributed by atoms with Crippen molar-refractivity contribution in [2.45, 2.75) is 26.7 Å². The molecule has 0 fully saturated rings. The molecule has 0 aliphatic heterocycles. The Balaban J connectivity index is 2.40. The van der Waals surface area contributed by atoms with Gasteiger partial charge in [-0.15, -0.1) is 23.2 Å². The zero-order valence-corrected chi connectivity index (χ0v) is 14.6. The molecule has 4 heteroatoms. The highest BCUT2D eigenvalue weighted by Gasteiger charge is 2.12. The summed E-state index contributed by atoms with van der Waals surface area (Å²) >= 11 is 11.5. The molecule has 0 spiro atoms. The van der Waals surface area contributed by atoms with E-state index in [0.717, 1.165) is 40.7 Å². The molecule has 0 unspecified atom stereocenters. The third kappa shape index (κ3) is 4.21. The Bertz CT molecular complexity index is 626. The average Bonchev–Trinajstić information content (AvgIpc) is 2.50. The van der Waals surface area contributed by atoms with Crippen molar-refractivity contribution in [1.82, 2.24) is 0 Å². The second-order valence-corrected chi connectivity index (χ2v) is 6.11. The fourth-order valence-electron chi connectivity index (χ4n) is 2.39. The average molecular weight is 341 g/mol. The molecule has 0 aliphatic carbocycles. The summed E-state index contributed by atoms with van der Waals surface area (Å²) in [6.45, 7) is 5.37. The Kier molecular flexibility index (Phi) is 6.66. The van der Waals surface area contributed by atoms with Gasteiger partial charge in [-0.3, -0.25) is 0 Å². The number of rotatable bonds is 8. The minimum absolute atomic E-state index is 0.607. The SMILES string of the molecule is Cc1ccc2c(OCCCCl)c(C)cc(OCCCCl)c2c1. The summed E-state index contributed by atoms with van der Waals surface area (Å²) in [6.07, 6.45) is 1.67. The number of aryl methyl sites for hydroxylation is 2.